The van der Waals surface area contributed by atoms with Crippen LogP contribution < -0.4 is 4.74 Å². The molecule has 2 aromatic carbocycles. The number of carboxylic acids is 1. The monoisotopic (exact) mass is 435 g/mol. The van der Waals surface area contributed by atoms with Gasteiger partial charge in [-0.1, -0.05) is 43.7 Å². The third-order valence-electron chi connectivity index (χ3n) is 4.01. The highest BCUT2D eigenvalue weighted by Gasteiger charge is 2.11. The fraction of sp³-hybridized carbons (Fsp3) is 0.174. The van der Waals surface area contributed by atoms with Gasteiger partial charge < -0.3 is 14.3 Å². The van der Waals surface area contributed by atoms with E-state index in [1.165, 1.54) is 0 Å². The Hall–Kier alpha value is -3.70. The van der Waals surface area contributed by atoms with Crippen molar-refractivity contribution in [2.24, 2.45) is 0 Å². The van der Waals surface area contributed by atoms with Gasteiger partial charge in [-0.05, 0) is 53.1 Å². The molecule has 2 heterocycles. The summed E-state index contributed by atoms with van der Waals surface area (Å²) >= 11 is 1.03. The molecule has 2 N–H and O–H groups in total. The lowest BCUT2D eigenvalue weighted by atomic mass is 10.1. The van der Waals surface area contributed by atoms with Crippen LogP contribution in [0.2, 0.25) is 0 Å². The molecule has 0 aliphatic rings. The fourth-order valence-electron chi connectivity index (χ4n) is 2.64. The van der Waals surface area contributed by atoms with E-state index in [1.54, 1.807) is 19.2 Å². The molecule has 0 saturated carbocycles. The van der Waals surface area contributed by atoms with Crippen molar-refractivity contribution in [3.63, 3.8) is 0 Å². The first-order valence-electron chi connectivity index (χ1n) is 9.58. The number of carbonyl (C=O) groups is 1. The second-order valence-corrected chi connectivity index (χ2v) is 6.93. The first-order valence-corrected chi connectivity index (χ1v) is 10.6. The van der Waals surface area contributed by atoms with E-state index in [1.807, 2.05) is 50.2 Å². The number of methoxy groups -OCH3 is 1. The van der Waals surface area contributed by atoms with Crippen molar-refractivity contribution in [2.75, 3.05) is 12.9 Å². The number of H-pyrrole nitrogens is 1. The van der Waals surface area contributed by atoms with Crippen molar-refractivity contribution in [1.29, 1.82) is 0 Å². The van der Waals surface area contributed by atoms with Gasteiger partial charge in [-0.15, -0.1) is 5.10 Å². The second kappa shape index (κ2) is 10.4. The normalized spacial score (nSPS) is 10.0. The van der Waals surface area contributed by atoms with Crippen LogP contribution in [0.4, 0.5) is 0 Å². The summed E-state index contributed by atoms with van der Waals surface area (Å²) in [5.74, 6) is 7.27. The lowest BCUT2D eigenvalue weighted by molar-refractivity contribution is -0.133. The molecule has 0 aliphatic carbocycles. The number of hydrogen-bond acceptors (Lipinski definition) is 6. The highest BCUT2D eigenvalue weighted by Crippen LogP contribution is 2.23. The van der Waals surface area contributed by atoms with Crippen LogP contribution in [0, 0.1) is 11.8 Å². The Morgan fingerprint density at radius 2 is 1.90 bits per heavy atom. The van der Waals surface area contributed by atoms with Crippen molar-refractivity contribution in [1.82, 2.24) is 15.2 Å². The topological polar surface area (TPSA) is 101 Å². The Morgan fingerprint density at radius 3 is 2.68 bits per heavy atom. The van der Waals surface area contributed by atoms with Crippen molar-refractivity contribution in [3.05, 3.63) is 59.9 Å². The van der Waals surface area contributed by atoms with Crippen LogP contribution in [0.3, 0.4) is 0 Å². The minimum absolute atomic E-state index is 0.106. The van der Waals surface area contributed by atoms with Gasteiger partial charge in [0.05, 0.1) is 12.9 Å². The number of aromatic amines is 1. The van der Waals surface area contributed by atoms with E-state index in [0.29, 0.717) is 22.5 Å². The van der Waals surface area contributed by atoms with Crippen LogP contribution in [0.25, 0.3) is 22.4 Å². The molecular weight excluding hydrogens is 414 g/mol. The maximum Gasteiger partial charge on any atom is 0.313 e. The minimum atomic E-state index is -0.926. The Kier molecular flexibility index (Phi) is 7.35. The first-order chi connectivity index (χ1) is 15.1. The summed E-state index contributed by atoms with van der Waals surface area (Å²) in [6, 6.07) is 15.3. The average Bonchev–Trinajstić information content (AvgIpc) is 3.46. The SMILES string of the molecule is CC.COc1ccc2cc(C#Cc3ccc(-c4nc(SCC(=O)O)n[nH]4)o3)ccc2c1. The van der Waals surface area contributed by atoms with Gasteiger partial charge >= 0.3 is 5.97 Å². The number of carboxylic acid groups (broad SMARTS) is 1. The molecule has 7 nitrogen and oxygen atoms in total. The molecule has 0 bridgehead atoms. The molecule has 8 heteroatoms. The van der Waals surface area contributed by atoms with E-state index in [-0.39, 0.29) is 5.75 Å². The second-order valence-electron chi connectivity index (χ2n) is 5.99. The molecule has 0 saturated heterocycles. The number of nitrogens with one attached hydrogen (secondary N) is 1. The van der Waals surface area contributed by atoms with E-state index in [2.05, 4.69) is 27.0 Å². The summed E-state index contributed by atoms with van der Waals surface area (Å²) in [5, 5.41) is 17.9. The summed E-state index contributed by atoms with van der Waals surface area (Å²) < 4.78 is 10.9. The zero-order chi connectivity index (χ0) is 22.2. The number of thioether (sulfide) groups is 1. The van der Waals surface area contributed by atoms with Crippen molar-refractivity contribution in [3.8, 4) is 29.2 Å². The lowest BCUT2D eigenvalue weighted by Crippen LogP contribution is -1.97. The van der Waals surface area contributed by atoms with E-state index in [0.717, 1.165) is 33.8 Å². The Labute approximate surface area is 183 Å². The molecule has 0 amide bonds. The molecule has 0 atom stereocenters. The van der Waals surface area contributed by atoms with Gasteiger partial charge in [0.2, 0.25) is 5.16 Å². The maximum atomic E-state index is 10.6. The molecule has 0 unspecified atom stereocenters. The minimum Gasteiger partial charge on any atom is -0.497 e. The third kappa shape index (κ3) is 5.68. The first kappa shape index (κ1) is 22.0. The van der Waals surface area contributed by atoms with Crippen LogP contribution in [-0.2, 0) is 4.79 Å². The van der Waals surface area contributed by atoms with Gasteiger partial charge in [-0.2, -0.15) is 4.98 Å². The van der Waals surface area contributed by atoms with Crippen LogP contribution in [0.15, 0.2) is 58.1 Å². The van der Waals surface area contributed by atoms with Crippen molar-refractivity contribution in [2.45, 2.75) is 19.0 Å². The number of benzene rings is 2. The number of ether oxygens (including phenoxy) is 1. The summed E-state index contributed by atoms with van der Waals surface area (Å²) in [6.07, 6.45) is 0. The molecule has 0 aliphatic heterocycles. The molecule has 158 valence electrons. The van der Waals surface area contributed by atoms with Crippen molar-refractivity contribution >= 4 is 28.5 Å². The van der Waals surface area contributed by atoms with Crippen molar-refractivity contribution < 1.29 is 19.1 Å². The number of fused-ring (bicyclic) bond motifs is 1. The highest BCUT2D eigenvalue weighted by atomic mass is 32.2. The van der Waals surface area contributed by atoms with E-state index >= 15 is 0 Å². The predicted octanol–water partition coefficient (Wildman–Crippen LogP) is 4.83. The number of hydrogen-bond donors (Lipinski definition) is 2. The summed E-state index contributed by atoms with van der Waals surface area (Å²) in [4.78, 5) is 14.8. The number of furan rings is 1. The molecule has 0 radical (unpaired) electrons. The standard InChI is InChI=1S/C21H15N3O4S.C2H6/c1-27-17-7-5-14-10-13(2-4-15(14)11-17)3-6-16-8-9-18(28-16)20-22-21(24-23-20)29-12-19(25)26;1-2/h2,4-5,7-11H,12H2,1H3,(H,25,26)(H,22,23,24);1-2H3. The lowest BCUT2D eigenvalue weighted by Gasteiger charge is -2.02. The quantitative estimate of drug-likeness (QED) is 0.342. The molecule has 0 spiro atoms. The zero-order valence-corrected chi connectivity index (χ0v) is 18.1. The van der Waals surface area contributed by atoms with Gasteiger partial charge in [0.15, 0.2) is 17.3 Å². The Bertz CT molecular complexity index is 1250. The Morgan fingerprint density at radius 1 is 1.13 bits per heavy atom. The zero-order valence-electron chi connectivity index (χ0n) is 17.3. The van der Waals surface area contributed by atoms with E-state index in [4.69, 9.17) is 14.3 Å². The molecule has 4 rings (SSSR count). The molecule has 2 aromatic heterocycles. The number of rotatable bonds is 5. The van der Waals surface area contributed by atoms with Crippen LogP contribution in [0.5, 0.6) is 5.75 Å². The summed E-state index contributed by atoms with van der Waals surface area (Å²) in [6.45, 7) is 4.00. The predicted molar refractivity (Wildman–Crippen MR) is 120 cm³/mol. The smallest absolute Gasteiger partial charge is 0.313 e. The third-order valence-corrected chi connectivity index (χ3v) is 4.84. The fourth-order valence-corrected chi connectivity index (χ4v) is 3.16. The molecule has 31 heavy (non-hydrogen) atoms. The number of aromatic nitrogens is 3. The maximum absolute atomic E-state index is 10.6. The van der Waals surface area contributed by atoms with E-state index < -0.39 is 5.97 Å². The van der Waals surface area contributed by atoms with Crippen LogP contribution in [-0.4, -0.2) is 39.1 Å². The highest BCUT2D eigenvalue weighted by molar-refractivity contribution is 7.99. The van der Waals surface area contributed by atoms with Crippen LogP contribution in [0.1, 0.15) is 25.2 Å². The Balaban J connectivity index is 0.00000132. The largest absolute Gasteiger partial charge is 0.497 e. The average molecular weight is 436 g/mol. The van der Waals surface area contributed by atoms with E-state index in [9.17, 15) is 4.79 Å². The number of nitrogens with zero attached hydrogens (tertiary/aromatic N) is 2. The molecular formula is C23H21N3O4S. The van der Waals surface area contributed by atoms with Gasteiger partial charge in [0, 0.05) is 5.56 Å². The number of aliphatic carboxylic acids is 1. The van der Waals surface area contributed by atoms with Gasteiger partial charge in [-0.3, -0.25) is 9.89 Å². The molecule has 0 fully saturated rings. The van der Waals surface area contributed by atoms with Gasteiger partial charge in [-0.25, -0.2) is 0 Å². The van der Waals surface area contributed by atoms with Gasteiger partial charge in [0.1, 0.15) is 5.75 Å². The van der Waals surface area contributed by atoms with Crippen LogP contribution >= 0.6 is 11.8 Å². The molecule has 4 aromatic rings. The van der Waals surface area contributed by atoms with Gasteiger partial charge in [0.25, 0.3) is 0 Å². The summed E-state index contributed by atoms with van der Waals surface area (Å²) in [5.41, 5.74) is 0.868. The summed E-state index contributed by atoms with van der Waals surface area (Å²) in [7, 11) is 1.65.